The number of anilines is 1. The number of sulfonamides is 1. The number of sulfone groups is 1. The van der Waals surface area contributed by atoms with Crippen molar-refractivity contribution in [2.24, 2.45) is 0 Å². The van der Waals surface area contributed by atoms with E-state index in [4.69, 9.17) is 0 Å². The molecular weight excluding hydrogens is 328 g/mol. The quantitative estimate of drug-likeness (QED) is 0.784. The lowest BCUT2D eigenvalue weighted by atomic mass is 10.3. The van der Waals surface area contributed by atoms with Crippen LogP contribution in [0.1, 0.15) is 6.92 Å². The molecule has 120 valence electrons. The summed E-state index contributed by atoms with van der Waals surface area (Å²) in [6, 6.07) is 5.58. The number of nitrogens with zero attached hydrogens (tertiary/aromatic N) is 4. The van der Waals surface area contributed by atoms with Gasteiger partial charge < -0.3 is 0 Å². The van der Waals surface area contributed by atoms with Crippen LogP contribution in [0, 0.1) is 0 Å². The van der Waals surface area contributed by atoms with Gasteiger partial charge in [-0.2, -0.15) is 18.3 Å². The highest BCUT2D eigenvalue weighted by Crippen LogP contribution is 2.22. The third-order valence-electron chi connectivity index (χ3n) is 3.05. The zero-order valence-electron chi connectivity index (χ0n) is 12.3. The molecular formula is C12H16N4O4S2. The summed E-state index contributed by atoms with van der Waals surface area (Å²) in [5, 5.41) is 7.56. The second-order valence-electron chi connectivity index (χ2n) is 4.61. The van der Waals surface area contributed by atoms with E-state index in [2.05, 4.69) is 10.2 Å². The normalized spacial score (nSPS) is 12.3. The molecule has 0 atom stereocenters. The van der Waals surface area contributed by atoms with Crippen LogP contribution in [-0.4, -0.2) is 45.1 Å². The average Bonchev–Trinajstić information content (AvgIpc) is 2.95. The number of aromatic nitrogens is 3. The number of hydrogen-bond donors (Lipinski definition) is 0. The Hall–Kier alpha value is -1.94. The molecule has 0 bridgehead atoms. The van der Waals surface area contributed by atoms with Gasteiger partial charge in [-0.25, -0.2) is 8.42 Å². The van der Waals surface area contributed by atoms with E-state index < -0.39 is 19.9 Å². The Morgan fingerprint density at radius 3 is 2.18 bits per heavy atom. The highest BCUT2D eigenvalue weighted by Gasteiger charge is 2.25. The summed E-state index contributed by atoms with van der Waals surface area (Å²) in [6.45, 7) is 2.26. The summed E-state index contributed by atoms with van der Waals surface area (Å²) in [5.74, 6) is 0. The van der Waals surface area contributed by atoms with Crippen LogP contribution < -0.4 is 4.31 Å². The van der Waals surface area contributed by atoms with Crippen LogP contribution in [0.3, 0.4) is 0 Å². The topological polar surface area (TPSA) is 102 Å². The van der Waals surface area contributed by atoms with Gasteiger partial charge in [-0.3, -0.25) is 4.31 Å². The van der Waals surface area contributed by atoms with E-state index in [9.17, 15) is 16.8 Å². The Kier molecular flexibility index (Phi) is 4.25. The lowest BCUT2D eigenvalue weighted by Crippen LogP contribution is -2.27. The first-order valence-electron chi connectivity index (χ1n) is 6.35. The van der Waals surface area contributed by atoms with Crippen LogP contribution in [0.25, 0.3) is 0 Å². The van der Waals surface area contributed by atoms with E-state index in [1.807, 2.05) is 0 Å². The molecule has 0 aliphatic carbocycles. The van der Waals surface area contributed by atoms with Gasteiger partial charge in [0.2, 0.25) is 5.03 Å². The fourth-order valence-electron chi connectivity index (χ4n) is 1.73. The van der Waals surface area contributed by atoms with Gasteiger partial charge >= 0.3 is 0 Å². The Morgan fingerprint density at radius 1 is 1.14 bits per heavy atom. The van der Waals surface area contributed by atoms with Crippen molar-refractivity contribution in [2.45, 2.75) is 23.4 Å². The number of hydrogen-bond acceptors (Lipinski definition) is 6. The Balaban J connectivity index is 2.36. The van der Waals surface area contributed by atoms with Crippen molar-refractivity contribution < 1.29 is 16.8 Å². The van der Waals surface area contributed by atoms with Gasteiger partial charge in [0.05, 0.1) is 23.3 Å². The van der Waals surface area contributed by atoms with Crippen LogP contribution in [0.2, 0.25) is 0 Å². The summed E-state index contributed by atoms with van der Waals surface area (Å²) in [7, 11) is -5.80. The van der Waals surface area contributed by atoms with Gasteiger partial charge in [0.25, 0.3) is 10.0 Å². The van der Waals surface area contributed by atoms with Crippen molar-refractivity contribution in [3.8, 4) is 0 Å². The third kappa shape index (κ3) is 3.12. The standard InChI is InChI=1S/C12H16N4O4S2/c1-4-16-13-9-12(14-16)22(19,20)15(2)10-5-7-11(8-6-10)21(3,17)18/h5-9H,4H2,1-3H3. The summed E-state index contributed by atoms with van der Waals surface area (Å²) in [6.07, 6.45) is 2.27. The van der Waals surface area contributed by atoms with Crippen LogP contribution in [-0.2, 0) is 26.4 Å². The fraction of sp³-hybridized carbons (Fsp3) is 0.333. The molecule has 22 heavy (non-hydrogen) atoms. The van der Waals surface area contributed by atoms with Gasteiger partial charge in [0, 0.05) is 13.3 Å². The minimum Gasteiger partial charge on any atom is -0.268 e. The second-order valence-corrected chi connectivity index (χ2v) is 8.54. The smallest absolute Gasteiger partial charge is 0.268 e. The zero-order valence-corrected chi connectivity index (χ0v) is 14.0. The van der Waals surface area contributed by atoms with Crippen molar-refractivity contribution in [1.82, 2.24) is 15.0 Å². The van der Waals surface area contributed by atoms with Crippen molar-refractivity contribution in [3.63, 3.8) is 0 Å². The summed E-state index contributed by atoms with van der Waals surface area (Å²) in [4.78, 5) is 1.40. The fourth-order valence-corrected chi connectivity index (χ4v) is 3.42. The lowest BCUT2D eigenvalue weighted by Gasteiger charge is -2.17. The predicted molar refractivity (Wildman–Crippen MR) is 80.8 cm³/mol. The number of benzene rings is 1. The molecule has 1 heterocycles. The average molecular weight is 344 g/mol. The zero-order chi connectivity index (χ0) is 16.5. The van der Waals surface area contributed by atoms with E-state index in [1.54, 1.807) is 6.92 Å². The molecule has 8 nitrogen and oxygen atoms in total. The van der Waals surface area contributed by atoms with Crippen LogP contribution in [0.15, 0.2) is 40.4 Å². The van der Waals surface area contributed by atoms with Gasteiger partial charge in [0.15, 0.2) is 9.84 Å². The van der Waals surface area contributed by atoms with E-state index in [-0.39, 0.29) is 9.92 Å². The first kappa shape index (κ1) is 16.4. The molecule has 0 amide bonds. The predicted octanol–water partition coefficient (Wildman–Crippen LogP) is 0.527. The third-order valence-corrected chi connectivity index (χ3v) is 5.83. The first-order chi connectivity index (χ1) is 10.2. The molecule has 2 rings (SSSR count). The van der Waals surface area contributed by atoms with Crippen LogP contribution in [0.4, 0.5) is 5.69 Å². The Morgan fingerprint density at radius 2 is 1.73 bits per heavy atom. The Bertz CT molecular complexity index is 870. The van der Waals surface area contributed by atoms with Crippen molar-refractivity contribution in [2.75, 3.05) is 17.6 Å². The summed E-state index contributed by atoms with van der Waals surface area (Å²) in [5.41, 5.74) is 0.332. The van der Waals surface area contributed by atoms with E-state index in [0.29, 0.717) is 12.2 Å². The second kappa shape index (κ2) is 5.69. The SMILES string of the molecule is CCn1ncc(S(=O)(=O)N(C)c2ccc(S(C)(=O)=O)cc2)n1. The molecule has 0 aliphatic heterocycles. The maximum Gasteiger partial charge on any atom is 0.285 e. The van der Waals surface area contributed by atoms with Crippen molar-refractivity contribution >= 4 is 25.5 Å². The molecule has 0 spiro atoms. The summed E-state index contributed by atoms with van der Waals surface area (Å²) < 4.78 is 48.7. The highest BCUT2D eigenvalue weighted by molar-refractivity contribution is 7.92. The minimum atomic E-state index is -3.84. The van der Waals surface area contributed by atoms with Crippen LogP contribution >= 0.6 is 0 Å². The monoisotopic (exact) mass is 344 g/mol. The summed E-state index contributed by atoms with van der Waals surface area (Å²) >= 11 is 0. The van der Waals surface area contributed by atoms with Gasteiger partial charge in [-0.1, -0.05) is 0 Å². The molecule has 0 unspecified atom stereocenters. The van der Waals surface area contributed by atoms with Gasteiger partial charge in [0.1, 0.15) is 0 Å². The molecule has 0 fully saturated rings. The Labute approximate surface area is 129 Å². The molecule has 0 saturated heterocycles. The maximum absolute atomic E-state index is 12.4. The molecule has 0 radical (unpaired) electrons. The van der Waals surface area contributed by atoms with E-state index in [0.717, 1.165) is 10.6 Å². The minimum absolute atomic E-state index is 0.124. The molecule has 2 aromatic rings. The van der Waals surface area contributed by atoms with Crippen LogP contribution in [0.5, 0.6) is 0 Å². The van der Waals surface area contributed by atoms with Crippen molar-refractivity contribution in [1.29, 1.82) is 0 Å². The molecule has 1 aromatic heterocycles. The molecule has 10 heteroatoms. The largest absolute Gasteiger partial charge is 0.285 e. The molecule has 1 aromatic carbocycles. The lowest BCUT2D eigenvalue weighted by molar-refractivity contribution is 0.549. The molecule has 0 aliphatic rings. The first-order valence-corrected chi connectivity index (χ1v) is 9.68. The molecule has 0 N–H and O–H groups in total. The molecule has 0 saturated carbocycles. The van der Waals surface area contributed by atoms with E-state index >= 15 is 0 Å². The van der Waals surface area contributed by atoms with Gasteiger partial charge in [-0.15, -0.1) is 5.10 Å². The van der Waals surface area contributed by atoms with Gasteiger partial charge in [-0.05, 0) is 31.2 Å². The van der Waals surface area contributed by atoms with E-state index in [1.165, 1.54) is 42.3 Å². The number of rotatable bonds is 5. The maximum atomic E-state index is 12.4. The van der Waals surface area contributed by atoms with Crippen molar-refractivity contribution in [3.05, 3.63) is 30.5 Å². The highest BCUT2D eigenvalue weighted by atomic mass is 32.2. The number of aryl methyl sites for hydroxylation is 1.